The maximum absolute atomic E-state index is 10.4. The Balaban J connectivity index is 3.77. The number of methoxy groups -OCH3 is 1. The van der Waals surface area contributed by atoms with Gasteiger partial charge in [0.15, 0.2) is 0 Å². The lowest BCUT2D eigenvalue weighted by atomic mass is 10.4. The Morgan fingerprint density at radius 2 is 1.82 bits per heavy atom. The molecule has 0 unspecified atom stereocenters. The van der Waals surface area contributed by atoms with Crippen molar-refractivity contribution >= 4 is 22.8 Å². The fourth-order valence-electron chi connectivity index (χ4n) is 0.333. The molecule has 0 amide bonds. The Labute approximate surface area is 69.3 Å². The Kier molecular flexibility index (Phi) is 5.11. The van der Waals surface area contributed by atoms with E-state index in [1.807, 2.05) is 0 Å². The van der Waals surface area contributed by atoms with Crippen LogP contribution in [0.25, 0.3) is 0 Å². The molecule has 0 aromatic rings. The number of esters is 1. The summed E-state index contributed by atoms with van der Waals surface area (Å²) in [7, 11) is 1.27. The minimum atomic E-state index is -0.584. The van der Waals surface area contributed by atoms with Crippen molar-refractivity contribution in [2.24, 2.45) is 0 Å². The summed E-state index contributed by atoms with van der Waals surface area (Å²) in [5.74, 6) is -0.475. The number of carbonyl (C=O) groups excluding carboxylic acids is 2. The molecule has 60 valence electrons. The average Bonchev–Trinajstić information content (AvgIpc) is 1.97. The van der Waals surface area contributed by atoms with Gasteiger partial charge in [-0.15, -0.1) is 0 Å². The summed E-state index contributed by atoms with van der Waals surface area (Å²) in [6.07, 6.45) is 5.02. The van der Waals surface area contributed by atoms with Gasteiger partial charge in [-0.3, -0.25) is 4.79 Å². The maximum atomic E-state index is 10.4. The minimum absolute atomic E-state index is 0.475. The normalized spacial score (nSPS) is 10.7. The number of hydrogen-bond acceptors (Lipinski definition) is 3. The summed E-state index contributed by atoms with van der Waals surface area (Å²) in [5.41, 5.74) is 0. The van der Waals surface area contributed by atoms with Crippen LogP contribution in [0, 0.1) is 0 Å². The maximum Gasteiger partial charge on any atom is 0.330 e. The lowest BCUT2D eigenvalue weighted by molar-refractivity contribution is -0.134. The Hall–Kier alpha value is -1.09. The third-order valence-corrected chi connectivity index (χ3v) is 0.898. The highest BCUT2D eigenvalue weighted by Gasteiger charge is 1.87. The smallest absolute Gasteiger partial charge is 0.330 e. The number of halogens is 1. The Morgan fingerprint density at radius 1 is 1.27 bits per heavy atom. The molecule has 0 N–H and O–H groups in total. The first-order valence-corrected chi connectivity index (χ1v) is 3.16. The van der Waals surface area contributed by atoms with Crippen molar-refractivity contribution < 1.29 is 14.3 Å². The van der Waals surface area contributed by atoms with E-state index in [-0.39, 0.29) is 0 Å². The van der Waals surface area contributed by atoms with Crippen LogP contribution in [0.15, 0.2) is 24.3 Å². The van der Waals surface area contributed by atoms with Crippen LogP contribution in [-0.2, 0) is 14.3 Å². The summed E-state index contributed by atoms with van der Waals surface area (Å²) in [6, 6.07) is 0. The van der Waals surface area contributed by atoms with E-state index in [1.165, 1.54) is 25.3 Å². The first-order chi connectivity index (χ1) is 5.16. The van der Waals surface area contributed by atoms with Crippen molar-refractivity contribution in [1.29, 1.82) is 0 Å². The van der Waals surface area contributed by atoms with Gasteiger partial charge in [-0.25, -0.2) is 4.79 Å². The van der Waals surface area contributed by atoms with Gasteiger partial charge in [-0.2, -0.15) is 0 Å². The fourth-order valence-corrected chi connectivity index (χ4v) is 0.406. The second-order valence-corrected chi connectivity index (χ2v) is 1.92. The second-order valence-electron chi connectivity index (χ2n) is 1.55. The average molecular weight is 175 g/mol. The number of hydrogen-bond donors (Lipinski definition) is 0. The van der Waals surface area contributed by atoms with E-state index in [4.69, 9.17) is 11.6 Å². The van der Waals surface area contributed by atoms with Crippen LogP contribution in [-0.4, -0.2) is 18.3 Å². The van der Waals surface area contributed by atoms with Gasteiger partial charge in [0.2, 0.25) is 5.24 Å². The lowest BCUT2D eigenvalue weighted by Crippen LogP contribution is -1.92. The number of carbonyl (C=O) groups is 2. The van der Waals surface area contributed by atoms with Gasteiger partial charge in [0.25, 0.3) is 0 Å². The van der Waals surface area contributed by atoms with Crippen molar-refractivity contribution in [3.63, 3.8) is 0 Å². The summed E-state index contributed by atoms with van der Waals surface area (Å²) in [4.78, 5) is 20.5. The van der Waals surface area contributed by atoms with Crippen molar-refractivity contribution in [1.82, 2.24) is 0 Å². The number of allylic oxidation sites excluding steroid dienone is 3. The van der Waals surface area contributed by atoms with Crippen LogP contribution in [0.5, 0.6) is 0 Å². The Morgan fingerprint density at radius 3 is 2.27 bits per heavy atom. The molecular weight excluding hydrogens is 168 g/mol. The molecule has 3 nitrogen and oxygen atoms in total. The molecule has 0 aliphatic carbocycles. The molecule has 0 aliphatic rings. The van der Waals surface area contributed by atoms with Crippen LogP contribution in [0.2, 0.25) is 0 Å². The highest BCUT2D eigenvalue weighted by molar-refractivity contribution is 6.66. The zero-order chi connectivity index (χ0) is 8.69. The third-order valence-electron chi connectivity index (χ3n) is 0.772. The molecule has 0 fully saturated rings. The SMILES string of the molecule is COC(=O)/C=C/C=C/C(=O)Cl. The van der Waals surface area contributed by atoms with E-state index >= 15 is 0 Å². The topological polar surface area (TPSA) is 43.4 Å². The number of ether oxygens (including phenoxy) is 1. The van der Waals surface area contributed by atoms with Gasteiger partial charge < -0.3 is 4.74 Å². The standard InChI is InChI=1S/C7H7ClO3/c1-11-7(10)5-3-2-4-6(8)9/h2-5H,1H3/b4-2+,5-3+. The van der Waals surface area contributed by atoms with Gasteiger partial charge in [0, 0.05) is 6.08 Å². The van der Waals surface area contributed by atoms with Crippen LogP contribution < -0.4 is 0 Å². The van der Waals surface area contributed by atoms with E-state index in [9.17, 15) is 9.59 Å². The molecule has 0 aromatic carbocycles. The predicted molar refractivity (Wildman–Crippen MR) is 41.2 cm³/mol. The van der Waals surface area contributed by atoms with E-state index in [1.54, 1.807) is 0 Å². The molecule has 0 saturated heterocycles. The van der Waals surface area contributed by atoms with E-state index < -0.39 is 11.2 Å². The zero-order valence-corrected chi connectivity index (χ0v) is 6.67. The summed E-state index contributed by atoms with van der Waals surface area (Å²) >= 11 is 4.95. The van der Waals surface area contributed by atoms with Gasteiger partial charge >= 0.3 is 5.97 Å². The first kappa shape index (κ1) is 9.91. The van der Waals surface area contributed by atoms with Crippen LogP contribution >= 0.6 is 11.6 Å². The highest BCUT2D eigenvalue weighted by Crippen LogP contribution is 1.84. The zero-order valence-electron chi connectivity index (χ0n) is 5.91. The fraction of sp³-hybridized carbons (Fsp3) is 0.143. The first-order valence-electron chi connectivity index (χ1n) is 2.79. The monoisotopic (exact) mass is 174 g/mol. The van der Waals surface area contributed by atoms with Gasteiger partial charge in [-0.1, -0.05) is 12.2 Å². The molecule has 0 spiro atoms. The molecule has 0 rings (SSSR count). The molecule has 0 atom stereocenters. The van der Waals surface area contributed by atoms with Crippen molar-refractivity contribution in [2.75, 3.05) is 7.11 Å². The molecule has 4 heteroatoms. The molecule has 11 heavy (non-hydrogen) atoms. The second kappa shape index (κ2) is 5.68. The quantitative estimate of drug-likeness (QED) is 0.278. The van der Waals surface area contributed by atoms with Gasteiger partial charge in [-0.05, 0) is 17.7 Å². The van der Waals surface area contributed by atoms with Gasteiger partial charge in [0.05, 0.1) is 7.11 Å². The van der Waals surface area contributed by atoms with Crippen LogP contribution in [0.1, 0.15) is 0 Å². The van der Waals surface area contributed by atoms with Crippen LogP contribution in [0.3, 0.4) is 0 Å². The minimum Gasteiger partial charge on any atom is -0.466 e. The molecule has 0 heterocycles. The van der Waals surface area contributed by atoms with Gasteiger partial charge in [0.1, 0.15) is 0 Å². The van der Waals surface area contributed by atoms with E-state index in [0.29, 0.717) is 0 Å². The molecule has 0 radical (unpaired) electrons. The van der Waals surface area contributed by atoms with E-state index in [0.717, 1.165) is 6.08 Å². The summed E-state index contributed by atoms with van der Waals surface area (Å²) < 4.78 is 4.28. The van der Waals surface area contributed by atoms with Crippen molar-refractivity contribution in [2.45, 2.75) is 0 Å². The lowest BCUT2D eigenvalue weighted by Gasteiger charge is -1.85. The van der Waals surface area contributed by atoms with Crippen molar-refractivity contribution in [3.8, 4) is 0 Å². The summed E-state index contributed by atoms with van der Waals surface area (Å²) in [5, 5.41) is -0.584. The molecule has 0 aromatic heterocycles. The molecule has 0 aliphatic heterocycles. The molecule has 0 bridgehead atoms. The molecular formula is C7H7ClO3. The summed E-state index contributed by atoms with van der Waals surface area (Å²) in [6.45, 7) is 0. The predicted octanol–water partition coefficient (Wildman–Crippen LogP) is 1.04. The number of rotatable bonds is 3. The Bertz CT molecular complexity index is 206. The van der Waals surface area contributed by atoms with Crippen LogP contribution in [0.4, 0.5) is 0 Å². The van der Waals surface area contributed by atoms with Crippen molar-refractivity contribution in [3.05, 3.63) is 24.3 Å². The molecule has 0 saturated carbocycles. The highest BCUT2D eigenvalue weighted by atomic mass is 35.5. The van der Waals surface area contributed by atoms with E-state index in [2.05, 4.69) is 4.74 Å². The largest absolute Gasteiger partial charge is 0.466 e. The third kappa shape index (κ3) is 6.80.